The molecule has 30 heavy (non-hydrogen) atoms. The standard InChI is InChI=1S/C24H26N4O2/c1-18(29)21-9-8-19(16-25)15-23(21)27-13-11-26(12-14-27)17-24(30)28-10-4-6-20-5-2-3-7-22(20)28/h2-3,5,7-9,15H,4,6,10-14,17H2,1H3. The number of fused-ring (bicyclic) bond motifs is 1. The largest absolute Gasteiger partial charge is 0.368 e. The fourth-order valence-electron chi connectivity index (χ4n) is 4.38. The quantitative estimate of drug-likeness (QED) is 0.736. The van der Waals surface area contributed by atoms with E-state index in [-0.39, 0.29) is 11.7 Å². The second-order valence-corrected chi connectivity index (χ2v) is 7.94. The number of benzene rings is 2. The van der Waals surface area contributed by atoms with Crippen LogP contribution in [0, 0.1) is 11.3 Å². The second-order valence-electron chi connectivity index (χ2n) is 7.94. The Kier molecular flexibility index (Phi) is 5.82. The summed E-state index contributed by atoms with van der Waals surface area (Å²) in [6.45, 7) is 5.66. The summed E-state index contributed by atoms with van der Waals surface area (Å²) in [6.07, 6.45) is 2.03. The number of aryl methyl sites for hydroxylation is 1. The average Bonchev–Trinajstić information content (AvgIpc) is 2.78. The first-order chi connectivity index (χ1) is 14.6. The normalized spacial score (nSPS) is 16.7. The van der Waals surface area contributed by atoms with Crippen LogP contribution in [0.4, 0.5) is 11.4 Å². The highest BCUT2D eigenvalue weighted by atomic mass is 16.2. The Hall–Kier alpha value is -3.17. The van der Waals surface area contributed by atoms with Crippen LogP contribution in [0.1, 0.15) is 34.8 Å². The minimum atomic E-state index is -0.00383. The molecule has 2 aromatic carbocycles. The van der Waals surface area contributed by atoms with Gasteiger partial charge in [0, 0.05) is 49.7 Å². The topological polar surface area (TPSA) is 67.6 Å². The number of amides is 1. The molecule has 1 amide bonds. The number of rotatable bonds is 4. The maximum Gasteiger partial charge on any atom is 0.241 e. The molecule has 0 spiro atoms. The fraction of sp³-hybridized carbons (Fsp3) is 0.375. The van der Waals surface area contributed by atoms with E-state index in [1.807, 2.05) is 23.1 Å². The molecule has 154 valence electrons. The zero-order chi connectivity index (χ0) is 21.1. The first kappa shape index (κ1) is 20.1. The molecule has 0 unspecified atom stereocenters. The van der Waals surface area contributed by atoms with Gasteiger partial charge in [0.1, 0.15) is 0 Å². The Morgan fingerprint density at radius 1 is 1.00 bits per heavy atom. The zero-order valence-electron chi connectivity index (χ0n) is 17.3. The lowest BCUT2D eigenvalue weighted by atomic mass is 10.0. The number of hydrogen-bond donors (Lipinski definition) is 0. The molecule has 0 N–H and O–H groups in total. The van der Waals surface area contributed by atoms with Gasteiger partial charge in [0.05, 0.1) is 18.2 Å². The van der Waals surface area contributed by atoms with Crippen molar-refractivity contribution in [3.63, 3.8) is 0 Å². The smallest absolute Gasteiger partial charge is 0.241 e. The molecular weight excluding hydrogens is 376 g/mol. The van der Waals surface area contributed by atoms with E-state index in [1.54, 1.807) is 25.1 Å². The SMILES string of the molecule is CC(=O)c1ccc(C#N)cc1N1CCN(CC(=O)N2CCCc3ccccc32)CC1. The monoisotopic (exact) mass is 402 g/mol. The first-order valence-corrected chi connectivity index (χ1v) is 10.5. The highest BCUT2D eigenvalue weighted by molar-refractivity contribution is 6.00. The number of anilines is 2. The summed E-state index contributed by atoms with van der Waals surface area (Å²) in [7, 11) is 0. The predicted octanol–water partition coefficient (Wildman–Crippen LogP) is 2.86. The van der Waals surface area contributed by atoms with Crippen LogP contribution in [0.25, 0.3) is 0 Å². The van der Waals surface area contributed by atoms with E-state index in [1.165, 1.54) is 5.56 Å². The molecule has 0 radical (unpaired) electrons. The lowest BCUT2D eigenvalue weighted by molar-refractivity contribution is -0.119. The van der Waals surface area contributed by atoms with Crippen molar-refractivity contribution in [1.82, 2.24) is 4.90 Å². The van der Waals surface area contributed by atoms with Gasteiger partial charge in [-0.2, -0.15) is 5.26 Å². The van der Waals surface area contributed by atoms with Crippen molar-refractivity contribution in [3.8, 4) is 6.07 Å². The van der Waals surface area contributed by atoms with Gasteiger partial charge in [-0.25, -0.2) is 0 Å². The molecule has 0 saturated carbocycles. The number of ketones is 1. The summed E-state index contributed by atoms with van der Waals surface area (Å²) in [4.78, 5) is 31.3. The Morgan fingerprint density at radius 3 is 2.50 bits per heavy atom. The van der Waals surface area contributed by atoms with E-state index in [0.717, 1.165) is 56.9 Å². The molecule has 0 aliphatic carbocycles. The number of hydrogen-bond acceptors (Lipinski definition) is 5. The van der Waals surface area contributed by atoms with Gasteiger partial charge in [0.15, 0.2) is 5.78 Å². The molecule has 0 bridgehead atoms. The van der Waals surface area contributed by atoms with Gasteiger partial charge in [-0.15, -0.1) is 0 Å². The molecule has 4 rings (SSSR count). The molecule has 6 nitrogen and oxygen atoms in total. The Bertz CT molecular complexity index is 1000. The lowest BCUT2D eigenvalue weighted by Gasteiger charge is -2.38. The van der Waals surface area contributed by atoms with Crippen LogP contribution in [-0.4, -0.2) is 55.9 Å². The molecule has 0 aromatic heterocycles. The maximum atomic E-state index is 13.0. The van der Waals surface area contributed by atoms with E-state index in [2.05, 4.69) is 21.9 Å². The van der Waals surface area contributed by atoms with E-state index >= 15 is 0 Å². The van der Waals surface area contributed by atoms with E-state index < -0.39 is 0 Å². The van der Waals surface area contributed by atoms with Gasteiger partial charge in [0.25, 0.3) is 0 Å². The molecule has 2 heterocycles. The molecular formula is C24H26N4O2. The maximum absolute atomic E-state index is 13.0. The Labute approximate surface area is 177 Å². The van der Waals surface area contributed by atoms with Crippen LogP contribution in [-0.2, 0) is 11.2 Å². The van der Waals surface area contributed by atoms with Gasteiger partial charge in [-0.05, 0) is 49.6 Å². The van der Waals surface area contributed by atoms with Crippen LogP contribution in [0.3, 0.4) is 0 Å². The number of para-hydroxylation sites is 1. The number of piperazine rings is 1. The first-order valence-electron chi connectivity index (χ1n) is 10.5. The molecule has 2 aliphatic rings. The molecule has 1 saturated heterocycles. The van der Waals surface area contributed by atoms with E-state index in [4.69, 9.17) is 0 Å². The number of carbonyl (C=O) groups is 2. The van der Waals surface area contributed by atoms with Crippen LogP contribution in [0.15, 0.2) is 42.5 Å². The number of nitriles is 1. The van der Waals surface area contributed by atoms with Gasteiger partial charge in [-0.3, -0.25) is 14.5 Å². The van der Waals surface area contributed by atoms with Crippen LogP contribution < -0.4 is 9.80 Å². The Balaban J connectivity index is 1.41. The zero-order valence-corrected chi connectivity index (χ0v) is 17.3. The van der Waals surface area contributed by atoms with Crippen molar-refractivity contribution >= 4 is 23.1 Å². The third-order valence-corrected chi connectivity index (χ3v) is 5.99. The number of Topliss-reactive ketones (excluding diaryl/α,β-unsaturated/α-hetero) is 1. The summed E-state index contributed by atoms with van der Waals surface area (Å²) >= 11 is 0. The highest BCUT2D eigenvalue weighted by Gasteiger charge is 2.26. The summed E-state index contributed by atoms with van der Waals surface area (Å²) in [5, 5.41) is 9.22. The predicted molar refractivity (Wildman–Crippen MR) is 117 cm³/mol. The number of nitrogens with zero attached hydrogens (tertiary/aromatic N) is 4. The molecule has 2 aromatic rings. The Morgan fingerprint density at radius 2 is 1.77 bits per heavy atom. The van der Waals surface area contributed by atoms with Crippen molar-refractivity contribution in [3.05, 3.63) is 59.2 Å². The molecule has 6 heteroatoms. The fourth-order valence-corrected chi connectivity index (χ4v) is 4.38. The summed E-state index contributed by atoms with van der Waals surface area (Å²) in [6, 6.07) is 15.5. The van der Waals surface area contributed by atoms with E-state index in [0.29, 0.717) is 17.7 Å². The van der Waals surface area contributed by atoms with Crippen LogP contribution in [0.5, 0.6) is 0 Å². The van der Waals surface area contributed by atoms with Gasteiger partial charge >= 0.3 is 0 Å². The van der Waals surface area contributed by atoms with Crippen molar-refractivity contribution in [2.24, 2.45) is 0 Å². The van der Waals surface area contributed by atoms with Crippen molar-refractivity contribution in [2.75, 3.05) is 49.1 Å². The minimum absolute atomic E-state index is 0.00383. The minimum Gasteiger partial charge on any atom is -0.368 e. The summed E-state index contributed by atoms with van der Waals surface area (Å²) in [5.41, 5.74) is 4.31. The van der Waals surface area contributed by atoms with Gasteiger partial charge in [-0.1, -0.05) is 18.2 Å². The third kappa shape index (κ3) is 4.07. The van der Waals surface area contributed by atoms with Crippen molar-refractivity contribution in [2.45, 2.75) is 19.8 Å². The van der Waals surface area contributed by atoms with Gasteiger partial charge in [0.2, 0.25) is 5.91 Å². The van der Waals surface area contributed by atoms with Crippen LogP contribution in [0.2, 0.25) is 0 Å². The molecule has 1 fully saturated rings. The van der Waals surface area contributed by atoms with Crippen molar-refractivity contribution in [1.29, 1.82) is 5.26 Å². The highest BCUT2D eigenvalue weighted by Crippen LogP contribution is 2.27. The summed E-state index contributed by atoms with van der Waals surface area (Å²) in [5.74, 6) is 0.141. The van der Waals surface area contributed by atoms with Gasteiger partial charge < -0.3 is 9.80 Å². The average molecular weight is 402 g/mol. The molecule has 0 atom stereocenters. The second kappa shape index (κ2) is 8.68. The lowest BCUT2D eigenvalue weighted by Crippen LogP contribution is -2.51. The molecule has 2 aliphatic heterocycles. The van der Waals surface area contributed by atoms with E-state index in [9.17, 15) is 14.9 Å². The van der Waals surface area contributed by atoms with Crippen LogP contribution >= 0.6 is 0 Å². The van der Waals surface area contributed by atoms with Crippen molar-refractivity contribution < 1.29 is 9.59 Å². The summed E-state index contributed by atoms with van der Waals surface area (Å²) < 4.78 is 0. The number of carbonyl (C=O) groups excluding carboxylic acids is 2. The third-order valence-electron chi connectivity index (χ3n) is 5.99.